The van der Waals surface area contributed by atoms with Crippen LogP contribution in [0.3, 0.4) is 0 Å². The summed E-state index contributed by atoms with van der Waals surface area (Å²) in [5.41, 5.74) is -1.98. The Morgan fingerprint density at radius 3 is 1.44 bits per heavy atom. The van der Waals surface area contributed by atoms with Gasteiger partial charge >= 0.3 is 12.4 Å². The van der Waals surface area contributed by atoms with Gasteiger partial charge in [0.05, 0.1) is 66.7 Å². The maximum absolute atomic E-state index is 12.6. The Labute approximate surface area is 313 Å². The monoisotopic (exact) mass is 798 g/mol. The molecule has 4 aliphatic heterocycles. The zero-order chi connectivity index (χ0) is 39.4. The number of carbonyl (C=O) groups excluding carboxylic acids is 3. The van der Waals surface area contributed by atoms with Crippen LogP contribution in [-0.4, -0.2) is 87.9 Å². The smallest absolute Gasteiger partial charge is 0.416 e. The van der Waals surface area contributed by atoms with Crippen molar-refractivity contribution in [3.05, 3.63) is 117 Å². The molecule has 4 N–H and O–H groups in total. The number of carbonyl (C=O) groups is 3. The van der Waals surface area contributed by atoms with Gasteiger partial charge in [-0.15, -0.1) is 0 Å². The number of halogens is 8. The topological polar surface area (TPSA) is 129 Å². The van der Waals surface area contributed by atoms with E-state index in [9.17, 15) is 50.9 Å². The predicted molar refractivity (Wildman–Crippen MR) is 187 cm³/mol. The Morgan fingerprint density at radius 2 is 1.04 bits per heavy atom. The largest absolute Gasteiger partial charge is 0.506 e. The van der Waals surface area contributed by atoms with Gasteiger partial charge in [-0.2, -0.15) is 26.3 Å². The molecule has 54 heavy (non-hydrogen) atoms. The molecule has 2 amide bonds. The Morgan fingerprint density at radius 1 is 0.611 bits per heavy atom. The number of aldehydes is 1. The number of amides is 2. The molecule has 0 aromatic heterocycles. The number of anilines is 2. The van der Waals surface area contributed by atoms with Crippen molar-refractivity contribution >= 4 is 52.7 Å². The third kappa shape index (κ3) is 10.4. The molecule has 4 aromatic carbocycles. The second-order valence-electron chi connectivity index (χ2n) is 12.3. The van der Waals surface area contributed by atoms with Crippen LogP contribution in [0, 0.1) is 0 Å². The number of nitrogens with one attached hydrogen (secondary N) is 2. The van der Waals surface area contributed by atoms with Crippen molar-refractivity contribution in [2.75, 3.05) is 50.6 Å². The van der Waals surface area contributed by atoms with E-state index in [0.717, 1.165) is 42.5 Å². The normalized spacial score (nSPS) is 19.8. The maximum atomic E-state index is 12.6. The van der Waals surface area contributed by atoms with Gasteiger partial charge < -0.3 is 20.8 Å². The van der Waals surface area contributed by atoms with Gasteiger partial charge in [0.25, 0.3) is 11.8 Å². The quantitative estimate of drug-likeness (QED) is 0.120. The van der Waals surface area contributed by atoms with E-state index in [1.807, 2.05) is 0 Å². The number of benzene rings is 4. The lowest BCUT2D eigenvalue weighted by Crippen LogP contribution is -2.71. The number of aromatic hydroxyl groups is 2. The van der Waals surface area contributed by atoms with Crippen molar-refractivity contribution in [3.8, 4) is 11.5 Å². The summed E-state index contributed by atoms with van der Waals surface area (Å²) < 4.78 is 75.6. The van der Waals surface area contributed by atoms with Crippen molar-refractivity contribution in [2.45, 2.75) is 12.4 Å². The van der Waals surface area contributed by atoms with E-state index in [1.54, 1.807) is 0 Å². The van der Waals surface area contributed by atoms with E-state index in [2.05, 4.69) is 30.2 Å². The Balaban J connectivity index is 0.000000166. The van der Waals surface area contributed by atoms with Crippen LogP contribution in [0.5, 0.6) is 11.5 Å². The first-order valence-corrected chi connectivity index (χ1v) is 16.5. The predicted octanol–water partition coefficient (Wildman–Crippen LogP) is 7.43. The molecule has 0 unspecified atom stereocenters. The molecule has 0 radical (unpaired) electrons. The molecule has 4 aliphatic rings. The van der Waals surface area contributed by atoms with Crippen molar-refractivity contribution in [1.29, 1.82) is 0 Å². The molecular formula is C35H30Cl2F6N6O5. The lowest BCUT2D eigenvalue weighted by Gasteiger charge is -2.56. The van der Waals surface area contributed by atoms with E-state index in [4.69, 9.17) is 23.2 Å². The van der Waals surface area contributed by atoms with Crippen molar-refractivity contribution in [1.82, 2.24) is 19.6 Å². The van der Waals surface area contributed by atoms with Crippen LogP contribution >= 0.6 is 23.2 Å². The molecule has 4 fully saturated rings. The number of hydrogen-bond donors (Lipinski definition) is 4. The van der Waals surface area contributed by atoms with Gasteiger partial charge in [-0.3, -0.25) is 34.0 Å². The first-order chi connectivity index (χ1) is 25.4. The summed E-state index contributed by atoms with van der Waals surface area (Å²) in [5.74, 6) is -2.06. The van der Waals surface area contributed by atoms with E-state index in [-0.39, 0.29) is 43.9 Å². The summed E-state index contributed by atoms with van der Waals surface area (Å²) in [6.45, 7) is 7.12. The van der Waals surface area contributed by atoms with E-state index in [0.29, 0.717) is 6.29 Å². The maximum Gasteiger partial charge on any atom is 0.416 e. The van der Waals surface area contributed by atoms with Crippen LogP contribution in [-0.2, 0) is 12.4 Å². The van der Waals surface area contributed by atoms with E-state index < -0.39 is 41.0 Å². The Bertz CT molecular complexity index is 1980. The lowest BCUT2D eigenvalue weighted by atomic mass is 10.1. The highest BCUT2D eigenvalue weighted by molar-refractivity contribution is 6.33. The molecule has 8 rings (SSSR count). The number of alkyl halides is 6. The van der Waals surface area contributed by atoms with Crippen LogP contribution < -0.4 is 10.6 Å². The van der Waals surface area contributed by atoms with Crippen LogP contribution in [0.2, 0.25) is 10.0 Å². The number of rotatable bonds is 5. The highest BCUT2D eigenvalue weighted by Gasteiger charge is 2.36. The highest BCUT2D eigenvalue weighted by Crippen LogP contribution is 2.33. The van der Waals surface area contributed by atoms with Gasteiger partial charge in [0.15, 0.2) is 6.29 Å². The number of hydrogen-bond acceptors (Lipinski definition) is 9. The fraction of sp³-hybridized carbons (Fsp3) is 0.229. The fourth-order valence-electron chi connectivity index (χ4n) is 5.68. The molecule has 4 heterocycles. The van der Waals surface area contributed by atoms with Crippen LogP contribution in [0.4, 0.5) is 37.7 Å². The first kappa shape index (κ1) is 40.3. The molecule has 11 nitrogen and oxygen atoms in total. The Kier molecular flexibility index (Phi) is 12.4. The fourth-order valence-corrected chi connectivity index (χ4v) is 6.08. The van der Waals surface area contributed by atoms with Crippen molar-refractivity contribution in [3.63, 3.8) is 0 Å². The molecule has 4 bridgehead atoms. The average molecular weight is 800 g/mol. The molecular weight excluding hydrogens is 769 g/mol. The zero-order valence-electron chi connectivity index (χ0n) is 27.8. The third-order valence-electron chi connectivity index (χ3n) is 7.99. The molecule has 0 spiro atoms. The molecule has 286 valence electrons. The second kappa shape index (κ2) is 16.6. The highest BCUT2D eigenvalue weighted by atomic mass is 35.5. The summed E-state index contributed by atoms with van der Waals surface area (Å²) in [4.78, 5) is 44.6. The SMILES string of the molecule is C1N2CN3CN1CN(C2)C3.O=C(Nc1cccc(C(F)(F)F)c1)c1ccc(O)c(Cl)c1.O=Cc1cc(C(=O)Nc2cccc(C(F)(F)F)c2)cc(Cl)c1O. The molecule has 0 saturated carbocycles. The molecule has 19 heteroatoms. The summed E-state index contributed by atoms with van der Waals surface area (Å²) in [7, 11) is 0. The lowest BCUT2D eigenvalue weighted by molar-refractivity contribution is -0.194. The van der Waals surface area contributed by atoms with Gasteiger partial charge in [-0.25, -0.2) is 0 Å². The molecule has 4 aromatic rings. The summed E-state index contributed by atoms with van der Waals surface area (Å²) in [6.07, 6.45) is -8.71. The van der Waals surface area contributed by atoms with Gasteiger partial charge in [0.2, 0.25) is 0 Å². The standard InChI is InChI=1S/C15H9ClF3NO3.C14H9ClF3NO2.C6H12N4/c16-12-5-8(4-9(7-21)13(12)22)14(23)20-11-3-1-2-10(6-11)15(17,18)19;15-11-6-8(4-5-12(11)20)13(21)19-10-3-1-2-9(7-10)14(16,17)18;1-7-2-9-4-8(1)5-10(3-7)6-9/h1-7,22H,(H,20,23);1-7,20H,(H,19,21);1-6H2. The second-order valence-corrected chi connectivity index (χ2v) is 13.1. The average Bonchev–Trinajstić information content (AvgIpc) is 3.10. The van der Waals surface area contributed by atoms with Crippen molar-refractivity contribution < 1.29 is 50.9 Å². The minimum atomic E-state index is -4.53. The molecule has 0 aliphatic carbocycles. The molecule has 0 atom stereocenters. The summed E-state index contributed by atoms with van der Waals surface area (Å²) >= 11 is 11.4. The Hall–Kier alpha value is -4.91. The van der Waals surface area contributed by atoms with Gasteiger partial charge in [-0.05, 0) is 66.7 Å². The van der Waals surface area contributed by atoms with Gasteiger partial charge in [0, 0.05) is 22.5 Å². The van der Waals surface area contributed by atoms with Crippen LogP contribution in [0.25, 0.3) is 0 Å². The number of phenols is 2. The van der Waals surface area contributed by atoms with Crippen LogP contribution in [0.15, 0.2) is 78.9 Å². The first-order valence-electron chi connectivity index (χ1n) is 15.7. The summed E-state index contributed by atoms with van der Waals surface area (Å²) in [5, 5.41) is 23.1. The van der Waals surface area contributed by atoms with Gasteiger partial charge in [-0.1, -0.05) is 35.3 Å². The van der Waals surface area contributed by atoms with E-state index in [1.165, 1.54) is 76.4 Å². The summed E-state index contributed by atoms with van der Waals surface area (Å²) in [6, 6.07) is 14.3. The third-order valence-corrected chi connectivity index (χ3v) is 8.58. The van der Waals surface area contributed by atoms with Gasteiger partial charge in [0.1, 0.15) is 11.5 Å². The van der Waals surface area contributed by atoms with E-state index >= 15 is 0 Å². The number of phenolic OH excluding ortho intramolecular Hbond substituents is 2. The molecule has 4 saturated heterocycles. The van der Waals surface area contributed by atoms with Crippen molar-refractivity contribution in [2.24, 2.45) is 0 Å². The zero-order valence-corrected chi connectivity index (χ0v) is 29.3. The minimum Gasteiger partial charge on any atom is -0.506 e. The number of nitrogens with zero attached hydrogens (tertiary/aromatic N) is 4. The minimum absolute atomic E-state index is 0.0130. The van der Waals surface area contributed by atoms with Crippen LogP contribution in [0.1, 0.15) is 42.2 Å².